The Labute approximate surface area is 203 Å². The summed E-state index contributed by atoms with van der Waals surface area (Å²) in [6.07, 6.45) is 0. The summed E-state index contributed by atoms with van der Waals surface area (Å²) in [5, 5.41) is 8.32. The quantitative estimate of drug-likeness (QED) is 0.335. The Kier molecular flexibility index (Phi) is 5.71. The fourth-order valence-corrected chi connectivity index (χ4v) is 4.18. The van der Waals surface area contributed by atoms with Crippen LogP contribution >= 0.6 is 0 Å². The molecule has 5 rings (SSSR count). The number of fused-ring (bicyclic) bond motifs is 1. The van der Waals surface area contributed by atoms with E-state index in [1.165, 1.54) is 0 Å². The Balaban J connectivity index is 1.56. The molecule has 1 N–H and O–H groups in total. The molecule has 6 heteroatoms. The van der Waals surface area contributed by atoms with E-state index in [2.05, 4.69) is 10.4 Å². The monoisotopic (exact) mass is 460 g/mol. The summed E-state index contributed by atoms with van der Waals surface area (Å²) in [6, 6.07) is 25.8. The molecule has 5 aromatic rings. The molecule has 0 radical (unpaired) electrons. The van der Waals surface area contributed by atoms with E-state index in [1.54, 1.807) is 47.1 Å². The number of nitrogens with zero attached hydrogens (tertiary/aromatic N) is 3. The molecule has 0 spiro atoms. The maximum absolute atomic E-state index is 13.5. The molecule has 2 heterocycles. The van der Waals surface area contributed by atoms with Crippen LogP contribution in [-0.2, 0) is 0 Å². The SMILES string of the molecule is Cc1ccc(-n2nc(C)c3c(C(=O)Nc4ccccc4C(=O)c4ccccc4)cc(C)nc32)cc1. The first-order valence-corrected chi connectivity index (χ1v) is 11.4. The zero-order chi connectivity index (χ0) is 24.5. The van der Waals surface area contributed by atoms with Gasteiger partial charge < -0.3 is 5.32 Å². The number of benzene rings is 3. The second-order valence-electron chi connectivity index (χ2n) is 8.54. The molecule has 0 fully saturated rings. The lowest BCUT2D eigenvalue weighted by atomic mass is 10.0. The van der Waals surface area contributed by atoms with Gasteiger partial charge in [-0.05, 0) is 51.1 Å². The summed E-state index contributed by atoms with van der Waals surface area (Å²) >= 11 is 0. The van der Waals surface area contributed by atoms with Crippen LogP contribution in [0.2, 0.25) is 0 Å². The van der Waals surface area contributed by atoms with Gasteiger partial charge in [-0.15, -0.1) is 0 Å². The molecule has 0 aliphatic rings. The highest BCUT2D eigenvalue weighted by molar-refractivity contribution is 6.17. The van der Waals surface area contributed by atoms with Gasteiger partial charge in [-0.1, -0.05) is 60.2 Å². The summed E-state index contributed by atoms with van der Waals surface area (Å²) in [5.41, 5.74) is 5.95. The van der Waals surface area contributed by atoms with Gasteiger partial charge in [0.15, 0.2) is 11.4 Å². The average molecular weight is 461 g/mol. The Morgan fingerprint density at radius 1 is 0.800 bits per heavy atom. The summed E-state index contributed by atoms with van der Waals surface area (Å²) in [4.78, 5) is 31.4. The zero-order valence-corrected chi connectivity index (χ0v) is 19.7. The third kappa shape index (κ3) is 4.22. The van der Waals surface area contributed by atoms with E-state index in [9.17, 15) is 9.59 Å². The van der Waals surface area contributed by atoms with Crippen LogP contribution < -0.4 is 5.32 Å². The Hall–Kier alpha value is -4.58. The highest BCUT2D eigenvalue weighted by Crippen LogP contribution is 2.27. The number of anilines is 1. The largest absolute Gasteiger partial charge is 0.321 e. The molecule has 35 heavy (non-hydrogen) atoms. The number of amides is 1. The number of aromatic nitrogens is 3. The molecular formula is C29H24N4O2. The van der Waals surface area contributed by atoms with Crippen LogP contribution in [-0.4, -0.2) is 26.5 Å². The van der Waals surface area contributed by atoms with Gasteiger partial charge in [0.2, 0.25) is 0 Å². The highest BCUT2D eigenvalue weighted by Gasteiger charge is 2.21. The number of carbonyl (C=O) groups is 2. The van der Waals surface area contributed by atoms with Gasteiger partial charge in [-0.3, -0.25) is 9.59 Å². The van der Waals surface area contributed by atoms with Crippen molar-refractivity contribution in [2.75, 3.05) is 5.32 Å². The van der Waals surface area contributed by atoms with Crippen LogP contribution in [0.5, 0.6) is 0 Å². The molecule has 0 aliphatic carbocycles. The van der Waals surface area contributed by atoms with Crippen molar-refractivity contribution >= 4 is 28.4 Å². The van der Waals surface area contributed by atoms with E-state index in [0.29, 0.717) is 44.8 Å². The average Bonchev–Trinajstić information content (AvgIpc) is 3.20. The predicted octanol–water partition coefficient (Wildman–Crippen LogP) is 5.83. The van der Waals surface area contributed by atoms with Gasteiger partial charge in [0.25, 0.3) is 5.91 Å². The number of hydrogen-bond acceptors (Lipinski definition) is 4. The lowest BCUT2D eigenvalue weighted by Gasteiger charge is -2.12. The van der Waals surface area contributed by atoms with E-state index in [0.717, 1.165) is 11.3 Å². The lowest BCUT2D eigenvalue weighted by molar-refractivity contribution is 0.102. The molecule has 3 aromatic carbocycles. The second kappa shape index (κ2) is 8.99. The van der Waals surface area contributed by atoms with Crippen LogP contribution in [0.4, 0.5) is 5.69 Å². The minimum Gasteiger partial charge on any atom is -0.321 e. The molecule has 0 bridgehead atoms. The number of rotatable bonds is 5. The van der Waals surface area contributed by atoms with Crippen LogP contribution in [0.25, 0.3) is 16.7 Å². The van der Waals surface area contributed by atoms with E-state index in [1.807, 2.05) is 63.2 Å². The van der Waals surface area contributed by atoms with Crippen molar-refractivity contribution in [1.82, 2.24) is 14.8 Å². The van der Waals surface area contributed by atoms with Crippen LogP contribution in [0.3, 0.4) is 0 Å². The molecule has 2 aromatic heterocycles. The fourth-order valence-electron chi connectivity index (χ4n) is 4.18. The standard InChI is InChI=1S/C29H24N4O2/c1-18-13-15-22(16-14-18)33-28-26(20(3)32-33)24(17-19(2)30-28)29(35)31-25-12-8-7-11-23(25)27(34)21-9-5-4-6-10-21/h4-17H,1-3H3,(H,31,35). The predicted molar refractivity (Wildman–Crippen MR) is 137 cm³/mol. The first-order chi connectivity index (χ1) is 16.9. The first-order valence-electron chi connectivity index (χ1n) is 11.4. The topological polar surface area (TPSA) is 76.9 Å². The van der Waals surface area contributed by atoms with Crippen molar-refractivity contribution < 1.29 is 9.59 Å². The van der Waals surface area contributed by atoms with Gasteiger partial charge in [0.05, 0.1) is 28.0 Å². The molecule has 0 saturated carbocycles. The molecule has 6 nitrogen and oxygen atoms in total. The molecular weight excluding hydrogens is 436 g/mol. The molecule has 172 valence electrons. The highest BCUT2D eigenvalue weighted by atomic mass is 16.2. The second-order valence-corrected chi connectivity index (χ2v) is 8.54. The lowest BCUT2D eigenvalue weighted by Crippen LogP contribution is -2.16. The fraction of sp³-hybridized carbons (Fsp3) is 0.103. The third-order valence-electron chi connectivity index (χ3n) is 5.92. The van der Waals surface area contributed by atoms with Gasteiger partial charge in [-0.25, -0.2) is 9.67 Å². The summed E-state index contributed by atoms with van der Waals surface area (Å²) in [5.74, 6) is -0.471. The maximum Gasteiger partial charge on any atom is 0.256 e. The molecule has 0 saturated heterocycles. The van der Waals surface area contributed by atoms with Crippen LogP contribution in [0.15, 0.2) is 84.9 Å². The Morgan fingerprint density at radius 3 is 2.23 bits per heavy atom. The van der Waals surface area contributed by atoms with Crippen molar-refractivity contribution in [2.45, 2.75) is 20.8 Å². The molecule has 0 aliphatic heterocycles. The van der Waals surface area contributed by atoms with Gasteiger partial charge in [0, 0.05) is 16.8 Å². The van der Waals surface area contributed by atoms with Gasteiger partial charge in [-0.2, -0.15) is 5.10 Å². The van der Waals surface area contributed by atoms with Crippen molar-refractivity contribution in [1.29, 1.82) is 0 Å². The minimum atomic E-state index is -0.319. The maximum atomic E-state index is 13.5. The molecule has 1 amide bonds. The third-order valence-corrected chi connectivity index (χ3v) is 5.92. The van der Waals surface area contributed by atoms with Crippen LogP contribution in [0, 0.1) is 20.8 Å². The van der Waals surface area contributed by atoms with Gasteiger partial charge in [0.1, 0.15) is 0 Å². The van der Waals surface area contributed by atoms with E-state index < -0.39 is 0 Å². The van der Waals surface area contributed by atoms with E-state index >= 15 is 0 Å². The van der Waals surface area contributed by atoms with E-state index in [4.69, 9.17) is 4.98 Å². The summed E-state index contributed by atoms with van der Waals surface area (Å²) in [6.45, 7) is 5.75. The number of pyridine rings is 1. The van der Waals surface area contributed by atoms with Crippen molar-refractivity contribution in [3.63, 3.8) is 0 Å². The summed E-state index contributed by atoms with van der Waals surface area (Å²) in [7, 11) is 0. The minimum absolute atomic E-state index is 0.152. The van der Waals surface area contributed by atoms with Crippen molar-refractivity contribution in [3.05, 3.63) is 119 Å². The van der Waals surface area contributed by atoms with Gasteiger partial charge >= 0.3 is 0 Å². The van der Waals surface area contributed by atoms with Crippen molar-refractivity contribution in [3.8, 4) is 5.69 Å². The Bertz CT molecular complexity index is 1570. The number of nitrogens with one attached hydrogen (secondary N) is 1. The number of aryl methyl sites for hydroxylation is 3. The summed E-state index contributed by atoms with van der Waals surface area (Å²) < 4.78 is 1.76. The number of para-hydroxylation sites is 1. The smallest absolute Gasteiger partial charge is 0.256 e. The number of hydrogen-bond donors (Lipinski definition) is 1. The normalized spacial score (nSPS) is 10.9. The van der Waals surface area contributed by atoms with Crippen LogP contribution in [0.1, 0.15) is 43.2 Å². The molecule has 0 unspecified atom stereocenters. The van der Waals surface area contributed by atoms with E-state index in [-0.39, 0.29) is 11.7 Å². The zero-order valence-electron chi connectivity index (χ0n) is 19.7. The number of ketones is 1. The first kappa shape index (κ1) is 22.2. The Morgan fingerprint density at radius 2 is 1.49 bits per heavy atom. The number of carbonyl (C=O) groups excluding carboxylic acids is 2. The molecule has 0 atom stereocenters. The van der Waals surface area contributed by atoms with Crippen molar-refractivity contribution in [2.24, 2.45) is 0 Å².